The van der Waals surface area contributed by atoms with Gasteiger partial charge in [0.05, 0.1) is 30.9 Å². The molecule has 14 atom stereocenters. The minimum Gasteiger partial charge on any atom is -0.394 e. The molecule has 236 valence electrons. The molecule has 2 aromatic carbocycles. The minimum absolute atomic E-state index is 0.0542. The fourth-order valence-electron chi connectivity index (χ4n) is 5.56. The molecular formula is C28H45N5O9. The van der Waals surface area contributed by atoms with Crippen molar-refractivity contribution in [1.82, 2.24) is 0 Å². The molecule has 2 aromatic rings. The highest BCUT2D eigenvalue weighted by Gasteiger charge is 2.50. The number of nitrogens with two attached hydrogens (primary N) is 5. The Morgan fingerprint density at radius 2 is 1.17 bits per heavy atom. The van der Waals surface area contributed by atoms with Crippen molar-refractivity contribution in [2.24, 2.45) is 28.7 Å². The maximum atomic E-state index is 11.0. The molecule has 0 bridgehead atoms. The highest BCUT2D eigenvalue weighted by molar-refractivity contribution is 5.82. The van der Waals surface area contributed by atoms with E-state index in [4.69, 9.17) is 47.6 Å². The lowest BCUT2D eigenvalue weighted by Gasteiger charge is -2.47. The van der Waals surface area contributed by atoms with E-state index in [1.54, 1.807) is 0 Å². The number of aliphatic hydroxyl groups is 5. The molecule has 15 N–H and O–H groups in total. The molecule has 2 heterocycles. The molecule has 2 aliphatic heterocycles. The van der Waals surface area contributed by atoms with Crippen LogP contribution in [-0.4, -0.2) is 124 Å². The minimum atomic E-state index is -1.44. The lowest BCUT2D eigenvalue weighted by atomic mass is 9.84. The summed E-state index contributed by atoms with van der Waals surface area (Å²) in [5.74, 6) is 0. The second-order valence-corrected chi connectivity index (χ2v) is 11.1. The monoisotopic (exact) mass is 595 g/mol. The first-order valence-electron chi connectivity index (χ1n) is 14.2. The molecule has 14 nitrogen and oxygen atoms in total. The highest BCUT2D eigenvalue weighted by atomic mass is 16.7. The van der Waals surface area contributed by atoms with E-state index in [-0.39, 0.29) is 19.4 Å². The van der Waals surface area contributed by atoms with Gasteiger partial charge in [0.15, 0.2) is 12.6 Å². The smallest absolute Gasteiger partial charge is 0.186 e. The van der Waals surface area contributed by atoms with Crippen molar-refractivity contribution < 1.29 is 44.5 Å². The zero-order valence-electron chi connectivity index (χ0n) is 23.3. The molecule has 3 fully saturated rings. The van der Waals surface area contributed by atoms with Crippen LogP contribution in [0.25, 0.3) is 10.8 Å². The third-order valence-electron chi connectivity index (χ3n) is 8.07. The average Bonchev–Trinajstić information content (AvgIpc) is 2.98. The fourth-order valence-corrected chi connectivity index (χ4v) is 5.56. The van der Waals surface area contributed by atoms with Crippen LogP contribution in [0.3, 0.4) is 0 Å². The van der Waals surface area contributed by atoms with E-state index in [1.165, 1.54) is 10.8 Å². The van der Waals surface area contributed by atoms with Gasteiger partial charge in [0.1, 0.15) is 36.6 Å². The van der Waals surface area contributed by atoms with Gasteiger partial charge >= 0.3 is 0 Å². The summed E-state index contributed by atoms with van der Waals surface area (Å²) >= 11 is 0. The Kier molecular flexibility index (Phi) is 11.6. The predicted molar refractivity (Wildman–Crippen MR) is 152 cm³/mol. The third-order valence-corrected chi connectivity index (χ3v) is 8.07. The Morgan fingerprint density at radius 1 is 0.667 bits per heavy atom. The van der Waals surface area contributed by atoms with Crippen molar-refractivity contribution in [3.63, 3.8) is 0 Å². The molecule has 0 spiro atoms. The molecule has 1 aliphatic carbocycles. The van der Waals surface area contributed by atoms with Crippen LogP contribution >= 0.6 is 0 Å². The summed E-state index contributed by atoms with van der Waals surface area (Å²) in [7, 11) is 0. The van der Waals surface area contributed by atoms with Crippen molar-refractivity contribution in [3.8, 4) is 0 Å². The lowest BCUT2D eigenvalue weighted by Crippen LogP contribution is -2.68. The van der Waals surface area contributed by atoms with E-state index >= 15 is 0 Å². The zero-order chi connectivity index (χ0) is 30.6. The maximum Gasteiger partial charge on any atom is 0.186 e. The lowest BCUT2D eigenvalue weighted by molar-refractivity contribution is -0.314. The van der Waals surface area contributed by atoms with Crippen molar-refractivity contribution in [1.29, 1.82) is 0 Å². The zero-order valence-corrected chi connectivity index (χ0v) is 23.3. The van der Waals surface area contributed by atoms with Crippen LogP contribution < -0.4 is 28.7 Å². The molecule has 2 saturated heterocycles. The molecule has 1 saturated carbocycles. The topological polar surface area (TPSA) is 268 Å². The van der Waals surface area contributed by atoms with Crippen molar-refractivity contribution in [2.45, 2.75) is 98.4 Å². The van der Waals surface area contributed by atoms with E-state index in [2.05, 4.69) is 48.5 Å². The molecule has 0 amide bonds. The van der Waals surface area contributed by atoms with Gasteiger partial charge in [-0.15, -0.1) is 0 Å². The summed E-state index contributed by atoms with van der Waals surface area (Å²) in [6.07, 6.45) is -10.8. The maximum absolute atomic E-state index is 11.0. The van der Waals surface area contributed by atoms with Gasteiger partial charge in [0.2, 0.25) is 0 Å². The van der Waals surface area contributed by atoms with Crippen LogP contribution in [-0.2, 0) is 18.9 Å². The van der Waals surface area contributed by atoms with Gasteiger partial charge in [-0.3, -0.25) is 0 Å². The summed E-state index contributed by atoms with van der Waals surface area (Å²) in [6, 6.07) is 13.4. The van der Waals surface area contributed by atoms with Crippen LogP contribution in [0.5, 0.6) is 0 Å². The number of fused-ring (bicyclic) bond motifs is 1. The first-order chi connectivity index (χ1) is 20.0. The van der Waals surface area contributed by atoms with E-state index < -0.39 is 92.2 Å². The Bertz CT molecular complexity index is 1050. The van der Waals surface area contributed by atoms with E-state index in [9.17, 15) is 25.5 Å². The van der Waals surface area contributed by atoms with E-state index in [1.807, 2.05) is 0 Å². The number of hydrogen-bond donors (Lipinski definition) is 10. The van der Waals surface area contributed by atoms with Crippen LogP contribution in [0.1, 0.15) is 12.8 Å². The Hall–Kier alpha value is -1.86. The standard InChI is InChI=1S/C18H37N5O9.C10H8/c19-3-9-8(25)2-7(22)17(29-9)31-15-5(20)1-6(21)16(14(15)28)32-18-13(27)11(23)12(26)10(4-24)30-18;1-2-6-10-8-4-3-7-9(10)5-1/h5-18,24-28H,1-4,19-23H2;1-8H/t5-,6+,7+,8-,9+,10+,11-,12+,13+,14-,15+,16-,17+,18+;/m0./s1. The molecule has 14 heteroatoms. The first-order valence-corrected chi connectivity index (χ1v) is 14.2. The summed E-state index contributed by atoms with van der Waals surface area (Å²) in [5, 5.41) is 53.3. The van der Waals surface area contributed by atoms with Gasteiger partial charge in [0, 0.05) is 18.6 Å². The SMILES string of the molecule is NC[C@H]1O[C@H](O[C@H]2[C@H](O)[C@@H](O[C@H]3O[C@H](CO)[C@@H](O)[C@H](N)[C@H]3O)[C@H](N)C[C@@H]2N)[C@H](N)C[C@@H]1O.c1ccc2ccccc2c1. The summed E-state index contributed by atoms with van der Waals surface area (Å²) in [5.41, 5.74) is 29.8. The number of benzene rings is 2. The normalized spacial score (nSPS) is 42.5. The van der Waals surface area contributed by atoms with Gasteiger partial charge in [0.25, 0.3) is 0 Å². The predicted octanol–water partition coefficient (Wildman–Crippen LogP) is -3.46. The summed E-state index contributed by atoms with van der Waals surface area (Å²) in [6.45, 7) is -0.499. The average molecular weight is 596 g/mol. The first kappa shape index (κ1) is 33.0. The second kappa shape index (κ2) is 14.7. The summed E-state index contributed by atoms with van der Waals surface area (Å²) in [4.78, 5) is 0. The number of rotatable bonds is 6. The molecule has 0 unspecified atom stereocenters. The van der Waals surface area contributed by atoms with Crippen LogP contribution in [0.4, 0.5) is 0 Å². The van der Waals surface area contributed by atoms with E-state index in [0.29, 0.717) is 0 Å². The fraction of sp³-hybridized carbons (Fsp3) is 0.643. The van der Waals surface area contributed by atoms with Crippen molar-refractivity contribution in [3.05, 3.63) is 48.5 Å². The van der Waals surface area contributed by atoms with Crippen molar-refractivity contribution in [2.75, 3.05) is 13.2 Å². The number of aliphatic hydroxyl groups excluding tert-OH is 5. The summed E-state index contributed by atoms with van der Waals surface area (Å²) < 4.78 is 22.7. The Morgan fingerprint density at radius 3 is 1.67 bits per heavy atom. The Labute approximate surface area is 244 Å². The van der Waals surface area contributed by atoms with Crippen LogP contribution in [0.2, 0.25) is 0 Å². The molecule has 0 aromatic heterocycles. The quantitative estimate of drug-likeness (QED) is 0.156. The molecule has 5 rings (SSSR count). The second-order valence-electron chi connectivity index (χ2n) is 11.1. The molecule has 0 radical (unpaired) electrons. The third kappa shape index (κ3) is 7.43. The highest BCUT2D eigenvalue weighted by Crippen LogP contribution is 2.30. The van der Waals surface area contributed by atoms with Gasteiger partial charge in [-0.05, 0) is 23.6 Å². The number of ether oxygens (including phenoxy) is 4. The van der Waals surface area contributed by atoms with Gasteiger partial charge in [-0.25, -0.2) is 0 Å². The number of hydrogen-bond acceptors (Lipinski definition) is 14. The van der Waals surface area contributed by atoms with E-state index in [0.717, 1.165) is 0 Å². The van der Waals surface area contributed by atoms with Crippen molar-refractivity contribution >= 4 is 10.8 Å². The van der Waals surface area contributed by atoms with Gasteiger partial charge < -0.3 is 73.1 Å². The van der Waals surface area contributed by atoms with Gasteiger partial charge in [-0.2, -0.15) is 0 Å². The van der Waals surface area contributed by atoms with Crippen LogP contribution in [0, 0.1) is 0 Å². The van der Waals surface area contributed by atoms with Crippen LogP contribution in [0.15, 0.2) is 48.5 Å². The van der Waals surface area contributed by atoms with Gasteiger partial charge in [-0.1, -0.05) is 48.5 Å². The molecular weight excluding hydrogens is 550 g/mol. The molecule has 3 aliphatic rings. The Balaban J connectivity index is 0.000000337. The molecule has 42 heavy (non-hydrogen) atoms. The largest absolute Gasteiger partial charge is 0.394 e.